The van der Waals surface area contributed by atoms with Crippen molar-refractivity contribution in [3.05, 3.63) is 29.8 Å². The van der Waals surface area contributed by atoms with Gasteiger partial charge in [0.1, 0.15) is 12.4 Å². The fraction of sp³-hybridized carbons (Fsp3) is 0.455. The Bertz CT molecular complexity index is 285. The maximum Gasteiger partial charge on any atom is 0.119 e. The van der Waals surface area contributed by atoms with E-state index < -0.39 is 5.60 Å². The van der Waals surface area contributed by atoms with E-state index in [4.69, 9.17) is 4.74 Å². The van der Waals surface area contributed by atoms with Crippen molar-refractivity contribution in [2.75, 3.05) is 6.61 Å². The van der Waals surface area contributed by atoms with Crippen LogP contribution in [0.2, 0.25) is 0 Å². The second kappa shape index (κ2) is 3.04. The molecule has 70 valence electrons. The van der Waals surface area contributed by atoms with Crippen LogP contribution in [0.5, 0.6) is 5.75 Å². The molecule has 0 aromatic heterocycles. The molecule has 0 aliphatic heterocycles. The van der Waals surface area contributed by atoms with Crippen LogP contribution in [0.4, 0.5) is 0 Å². The van der Waals surface area contributed by atoms with E-state index in [0.29, 0.717) is 6.61 Å². The van der Waals surface area contributed by atoms with Gasteiger partial charge in [-0.15, -0.1) is 0 Å². The highest BCUT2D eigenvalue weighted by Gasteiger charge is 2.41. The molecule has 0 bridgehead atoms. The van der Waals surface area contributed by atoms with E-state index in [0.717, 1.165) is 18.6 Å². The number of hydrogen-bond donors (Lipinski definition) is 1. The molecule has 0 spiro atoms. The topological polar surface area (TPSA) is 29.5 Å². The summed E-state index contributed by atoms with van der Waals surface area (Å²) in [4.78, 5) is 0. The van der Waals surface area contributed by atoms with Gasteiger partial charge in [0.2, 0.25) is 0 Å². The highest BCUT2D eigenvalue weighted by molar-refractivity contribution is 5.26. The van der Waals surface area contributed by atoms with Gasteiger partial charge >= 0.3 is 0 Å². The van der Waals surface area contributed by atoms with E-state index in [1.807, 2.05) is 31.2 Å². The monoisotopic (exact) mass is 178 g/mol. The molecule has 0 saturated heterocycles. The Kier molecular flexibility index (Phi) is 2.00. The summed E-state index contributed by atoms with van der Waals surface area (Å²) in [7, 11) is 0. The van der Waals surface area contributed by atoms with Crippen molar-refractivity contribution in [3.8, 4) is 5.75 Å². The predicted molar refractivity (Wildman–Crippen MR) is 50.9 cm³/mol. The van der Waals surface area contributed by atoms with Crippen molar-refractivity contribution in [1.29, 1.82) is 0 Å². The molecule has 1 fully saturated rings. The van der Waals surface area contributed by atoms with Gasteiger partial charge in [0.25, 0.3) is 0 Å². The Labute approximate surface area is 78.2 Å². The first-order chi connectivity index (χ1) is 6.18. The Morgan fingerprint density at radius 2 is 1.92 bits per heavy atom. The maximum absolute atomic E-state index is 9.52. The fourth-order valence-corrected chi connectivity index (χ4v) is 1.14. The molecular weight excluding hydrogens is 164 g/mol. The summed E-state index contributed by atoms with van der Waals surface area (Å²) in [6.07, 6.45) is 1.75. The van der Waals surface area contributed by atoms with Gasteiger partial charge in [-0.25, -0.2) is 0 Å². The summed E-state index contributed by atoms with van der Waals surface area (Å²) in [5.41, 5.74) is 0.697. The van der Waals surface area contributed by atoms with E-state index in [1.165, 1.54) is 5.56 Å². The minimum Gasteiger partial charge on any atom is -0.491 e. The van der Waals surface area contributed by atoms with Crippen LogP contribution >= 0.6 is 0 Å². The molecule has 2 heteroatoms. The number of hydrogen-bond acceptors (Lipinski definition) is 2. The fourth-order valence-electron chi connectivity index (χ4n) is 1.14. The van der Waals surface area contributed by atoms with Gasteiger partial charge < -0.3 is 9.84 Å². The van der Waals surface area contributed by atoms with Crippen LogP contribution in [-0.4, -0.2) is 17.3 Å². The molecule has 2 nitrogen and oxygen atoms in total. The van der Waals surface area contributed by atoms with Crippen molar-refractivity contribution in [1.82, 2.24) is 0 Å². The van der Waals surface area contributed by atoms with Crippen LogP contribution in [0, 0.1) is 6.92 Å². The predicted octanol–water partition coefficient (Wildman–Crippen LogP) is 1.90. The van der Waals surface area contributed by atoms with Gasteiger partial charge in [0.15, 0.2) is 0 Å². The zero-order valence-corrected chi connectivity index (χ0v) is 7.79. The first kappa shape index (κ1) is 8.57. The number of rotatable bonds is 3. The molecule has 13 heavy (non-hydrogen) atoms. The summed E-state index contributed by atoms with van der Waals surface area (Å²) in [5.74, 6) is 0.839. The Morgan fingerprint density at radius 1 is 1.31 bits per heavy atom. The van der Waals surface area contributed by atoms with E-state index in [-0.39, 0.29) is 0 Å². The molecule has 0 atom stereocenters. The van der Waals surface area contributed by atoms with Crippen LogP contribution in [0.15, 0.2) is 24.3 Å². The lowest BCUT2D eigenvalue weighted by molar-refractivity contribution is 0.0856. The van der Waals surface area contributed by atoms with Crippen LogP contribution in [0.3, 0.4) is 0 Å². The molecule has 1 aliphatic carbocycles. The molecule has 1 saturated carbocycles. The van der Waals surface area contributed by atoms with Crippen molar-refractivity contribution < 1.29 is 9.84 Å². The van der Waals surface area contributed by atoms with Gasteiger partial charge in [-0.05, 0) is 31.9 Å². The summed E-state index contributed by atoms with van der Waals surface area (Å²) in [6, 6.07) is 7.88. The van der Waals surface area contributed by atoms with Gasteiger partial charge in [-0.1, -0.05) is 17.7 Å². The Balaban J connectivity index is 1.91. The molecule has 1 aromatic carbocycles. The lowest BCUT2D eigenvalue weighted by Gasteiger charge is -2.09. The largest absolute Gasteiger partial charge is 0.491 e. The molecule has 2 rings (SSSR count). The van der Waals surface area contributed by atoms with Gasteiger partial charge in [0, 0.05) is 0 Å². The third kappa shape index (κ3) is 2.22. The maximum atomic E-state index is 9.52. The Morgan fingerprint density at radius 3 is 2.46 bits per heavy atom. The minimum absolute atomic E-state index is 0.427. The van der Waals surface area contributed by atoms with Crippen molar-refractivity contribution in [2.45, 2.75) is 25.4 Å². The van der Waals surface area contributed by atoms with Gasteiger partial charge in [-0.2, -0.15) is 0 Å². The molecule has 0 unspecified atom stereocenters. The molecule has 1 aromatic rings. The van der Waals surface area contributed by atoms with Crippen LogP contribution in [-0.2, 0) is 0 Å². The zero-order valence-electron chi connectivity index (χ0n) is 7.79. The quantitative estimate of drug-likeness (QED) is 0.766. The van der Waals surface area contributed by atoms with E-state index in [2.05, 4.69) is 0 Å². The normalized spacial score (nSPS) is 18.3. The van der Waals surface area contributed by atoms with Crippen molar-refractivity contribution >= 4 is 0 Å². The molecule has 1 N–H and O–H groups in total. The lowest BCUT2D eigenvalue weighted by Crippen LogP contribution is -2.18. The summed E-state index contributed by atoms with van der Waals surface area (Å²) in [5, 5.41) is 9.52. The SMILES string of the molecule is Cc1ccc(OCC2(O)CC2)cc1. The second-order valence-electron chi connectivity index (χ2n) is 3.83. The van der Waals surface area contributed by atoms with Gasteiger partial charge in [0.05, 0.1) is 5.60 Å². The standard InChI is InChI=1S/C11H14O2/c1-9-2-4-10(5-3-9)13-8-11(12)6-7-11/h2-5,12H,6-8H2,1H3. The van der Waals surface area contributed by atoms with E-state index in [1.54, 1.807) is 0 Å². The molecule has 0 amide bonds. The van der Waals surface area contributed by atoms with Crippen molar-refractivity contribution in [2.24, 2.45) is 0 Å². The number of benzene rings is 1. The molecular formula is C11H14O2. The zero-order chi connectivity index (χ0) is 9.31. The summed E-state index contributed by atoms with van der Waals surface area (Å²) >= 11 is 0. The first-order valence-corrected chi connectivity index (χ1v) is 4.60. The highest BCUT2D eigenvalue weighted by Crippen LogP contribution is 2.35. The average Bonchev–Trinajstić information content (AvgIpc) is 2.84. The molecule has 0 radical (unpaired) electrons. The van der Waals surface area contributed by atoms with Crippen LogP contribution in [0.25, 0.3) is 0 Å². The number of ether oxygens (including phenoxy) is 1. The van der Waals surface area contributed by atoms with E-state index in [9.17, 15) is 5.11 Å². The first-order valence-electron chi connectivity index (χ1n) is 4.60. The highest BCUT2D eigenvalue weighted by atomic mass is 16.5. The average molecular weight is 178 g/mol. The smallest absolute Gasteiger partial charge is 0.119 e. The minimum atomic E-state index is -0.523. The number of aryl methyl sites for hydroxylation is 1. The van der Waals surface area contributed by atoms with E-state index >= 15 is 0 Å². The third-order valence-corrected chi connectivity index (χ3v) is 2.36. The molecule has 1 aliphatic rings. The van der Waals surface area contributed by atoms with Crippen LogP contribution in [0.1, 0.15) is 18.4 Å². The van der Waals surface area contributed by atoms with Gasteiger partial charge in [-0.3, -0.25) is 0 Å². The lowest BCUT2D eigenvalue weighted by atomic mass is 10.2. The third-order valence-electron chi connectivity index (χ3n) is 2.36. The molecule has 0 heterocycles. The van der Waals surface area contributed by atoms with Crippen LogP contribution < -0.4 is 4.74 Å². The second-order valence-corrected chi connectivity index (χ2v) is 3.83. The number of aliphatic hydroxyl groups is 1. The summed E-state index contributed by atoms with van der Waals surface area (Å²) in [6.45, 7) is 2.47. The Hall–Kier alpha value is -1.02. The summed E-state index contributed by atoms with van der Waals surface area (Å²) < 4.78 is 5.44. The van der Waals surface area contributed by atoms with Crippen molar-refractivity contribution in [3.63, 3.8) is 0 Å².